The molecule has 9 nitrogen and oxygen atoms in total. The number of nitrogens with one attached hydrogen (secondary N) is 2. The summed E-state index contributed by atoms with van der Waals surface area (Å²) in [6.07, 6.45) is -0.310. The van der Waals surface area contributed by atoms with Crippen molar-refractivity contribution in [3.63, 3.8) is 0 Å². The van der Waals surface area contributed by atoms with E-state index in [1.807, 2.05) is 31.2 Å². The second-order valence-corrected chi connectivity index (χ2v) is 7.33. The van der Waals surface area contributed by atoms with Crippen LogP contribution in [0.4, 0.5) is 13.2 Å². The molecule has 12 heteroatoms. The van der Waals surface area contributed by atoms with E-state index in [0.717, 1.165) is 42.9 Å². The highest BCUT2D eigenvalue weighted by molar-refractivity contribution is 5.73. The molecule has 1 aromatic carbocycles. The second kappa shape index (κ2) is 9.81. The Balaban J connectivity index is 0.000000360. The summed E-state index contributed by atoms with van der Waals surface area (Å²) in [5.74, 6) is -0.834. The molecule has 2 aromatic heterocycles. The van der Waals surface area contributed by atoms with Gasteiger partial charge in [0.15, 0.2) is 0 Å². The lowest BCUT2D eigenvalue weighted by molar-refractivity contribution is -0.192. The third-order valence-electron chi connectivity index (χ3n) is 4.96. The first-order chi connectivity index (χ1) is 15.1. The van der Waals surface area contributed by atoms with E-state index in [0.29, 0.717) is 17.6 Å². The van der Waals surface area contributed by atoms with Crippen molar-refractivity contribution in [1.29, 1.82) is 0 Å². The smallest absolute Gasteiger partial charge is 0.475 e. The molecule has 1 atom stereocenters. The molecule has 4 rings (SSSR count). The summed E-state index contributed by atoms with van der Waals surface area (Å²) in [7, 11) is 0. The molecule has 1 aliphatic rings. The zero-order valence-corrected chi connectivity index (χ0v) is 17.1. The standard InChI is InChI=1S/C18H21N5O2.C2HF3O2/c1-12-10-20-18(24)23(12)15-4-2-3-14(9-15)17-21-16(25-22-17)6-5-13-7-8-19-11-13;3-2(4,5)1(6)7/h2-4,9-10,13,19H,5-8,11H2,1H3,(H,20,24);(H,6,7). The molecule has 0 saturated carbocycles. The number of hydrogen-bond acceptors (Lipinski definition) is 6. The Morgan fingerprint density at radius 2 is 2.12 bits per heavy atom. The van der Waals surface area contributed by atoms with Crippen LogP contribution in [-0.4, -0.2) is 50.0 Å². The molecule has 0 bridgehead atoms. The van der Waals surface area contributed by atoms with Gasteiger partial charge in [0.1, 0.15) is 0 Å². The van der Waals surface area contributed by atoms with Crippen LogP contribution in [0.15, 0.2) is 39.8 Å². The Morgan fingerprint density at radius 3 is 2.72 bits per heavy atom. The molecule has 0 spiro atoms. The molecule has 3 heterocycles. The van der Waals surface area contributed by atoms with Gasteiger partial charge in [-0.3, -0.25) is 4.57 Å². The van der Waals surface area contributed by atoms with Crippen LogP contribution >= 0.6 is 0 Å². The van der Waals surface area contributed by atoms with Crippen molar-refractivity contribution in [3.05, 3.63) is 52.5 Å². The van der Waals surface area contributed by atoms with Gasteiger partial charge >= 0.3 is 17.8 Å². The molecule has 32 heavy (non-hydrogen) atoms. The summed E-state index contributed by atoms with van der Waals surface area (Å²) in [5, 5.41) is 14.6. The van der Waals surface area contributed by atoms with Crippen molar-refractivity contribution < 1.29 is 27.6 Å². The van der Waals surface area contributed by atoms with E-state index >= 15 is 0 Å². The number of aliphatic carboxylic acids is 1. The highest BCUT2D eigenvalue weighted by Gasteiger charge is 2.38. The number of H-pyrrole nitrogens is 1. The third-order valence-corrected chi connectivity index (χ3v) is 4.96. The van der Waals surface area contributed by atoms with E-state index in [2.05, 4.69) is 20.4 Å². The number of aryl methyl sites for hydroxylation is 2. The van der Waals surface area contributed by atoms with Gasteiger partial charge in [0.25, 0.3) is 0 Å². The maximum Gasteiger partial charge on any atom is 0.490 e. The highest BCUT2D eigenvalue weighted by atomic mass is 19.4. The average molecular weight is 453 g/mol. The van der Waals surface area contributed by atoms with Gasteiger partial charge in [-0.25, -0.2) is 9.59 Å². The quantitative estimate of drug-likeness (QED) is 0.542. The molecule has 0 aliphatic carbocycles. The van der Waals surface area contributed by atoms with Crippen molar-refractivity contribution in [2.24, 2.45) is 5.92 Å². The zero-order valence-electron chi connectivity index (χ0n) is 17.1. The number of carboxylic acid groups (broad SMARTS) is 1. The normalized spacial score (nSPS) is 15.9. The van der Waals surface area contributed by atoms with Crippen LogP contribution in [0.2, 0.25) is 0 Å². The molecule has 1 aliphatic heterocycles. The Morgan fingerprint density at radius 1 is 1.38 bits per heavy atom. The average Bonchev–Trinajstić information content (AvgIpc) is 3.48. The Labute approximate surface area is 180 Å². The first-order valence-corrected chi connectivity index (χ1v) is 9.86. The number of imidazole rings is 1. The van der Waals surface area contributed by atoms with E-state index in [1.54, 1.807) is 10.8 Å². The molecular formula is C20H22F3N5O4. The highest BCUT2D eigenvalue weighted by Crippen LogP contribution is 2.21. The number of nitrogens with zero attached hydrogens (tertiary/aromatic N) is 3. The van der Waals surface area contributed by atoms with Gasteiger partial charge in [-0.2, -0.15) is 18.2 Å². The van der Waals surface area contributed by atoms with Crippen molar-refractivity contribution in [3.8, 4) is 17.1 Å². The summed E-state index contributed by atoms with van der Waals surface area (Å²) >= 11 is 0. The number of carboxylic acids is 1. The Kier molecular flexibility index (Phi) is 7.13. The van der Waals surface area contributed by atoms with E-state index in [1.165, 1.54) is 6.42 Å². The first kappa shape index (κ1) is 23.3. The van der Waals surface area contributed by atoms with Gasteiger partial charge in [-0.05, 0) is 50.9 Å². The number of benzene rings is 1. The minimum absolute atomic E-state index is 0.159. The molecule has 0 amide bonds. The molecule has 1 saturated heterocycles. The lowest BCUT2D eigenvalue weighted by Crippen LogP contribution is -2.21. The number of carbonyl (C=O) groups is 1. The van der Waals surface area contributed by atoms with Crippen LogP contribution in [0.5, 0.6) is 0 Å². The Bertz CT molecular complexity index is 1110. The summed E-state index contributed by atoms with van der Waals surface area (Å²) < 4.78 is 38.8. The fourth-order valence-electron chi connectivity index (χ4n) is 3.32. The van der Waals surface area contributed by atoms with Crippen LogP contribution in [0.1, 0.15) is 24.4 Å². The predicted molar refractivity (Wildman–Crippen MR) is 107 cm³/mol. The summed E-state index contributed by atoms with van der Waals surface area (Å²) in [4.78, 5) is 28.1. The molecule has 1 unspecified atom stereocenters. The Hall–Kier alpha value is -3.41. The van der Waals surface area contributed by atoms with E-state index < -0.39 is 12.1 Å². The van der Waals surface area contributed by atoms with Gasteiger partial charge in [-0.1, -0.05) is 17.3 Å². The minimum Gasteiger partial charge on any atom is -0.475 e. The van der Waals surface area contributed by atoms with Crippen molar-refractivity contribution in [2.45, 2.75) is 32.4 Å². The van der Waals surface area contributed by atoms with Crippen LogP contribution in [0.25, 0.3) is 17.1 Å². The number of halogens is 3. The number of aromatic nitrogens is 4. The van der Waals surface area contributed by atoms with E-state index in [4.69, 9.17) is 14.4 Å². The van der Waals surface area contributed by atoms with Gasteiger partial charge in [0, 0.05) is 23.9 Å². The van der Waals surface area contributed by atoms with Gasteiger partial charge in [0.2, 0.25) is 11.7 Å². The van der Waals surface area contributed by atoms with Crippen molar-refractivity contribution in [2.75, 3.05) is 13.1 Å². The fraction of sp³-hybridized carbons (Fsp3) is 0.400. The minimum atomic E-state index is -5.08. The summed E-state index contributed by atoms with van der Waals surface area (Å²) in [5.41, 5.74) is 2.31. The lowest BCUT2D eigenvalue weighted by Gasteiger charge is -2.05. The zero-order chi connectivity index (χ0) is 23.3. The van der Waals surface area contributed by atoms with E-state index in [-0.39, 0.29) is 5.69 Å². The number of hydrogen-bond donors (Lipinski definition) is 3. The monoisotopic (exact) mass is 453 g/mol. The molecule has 3 aromatic rings. The number of rotatable bonds is 5. The summed E-state index contributed by atoms with van der Waals surface area (Å²) in [6, 6.07) is 7.60. The molecular weight excluding hydrogens is 431 g/mol. The van der Waals surface area contributed by atoms with Crippen LogP contribution in [0.3, 0.4) is 0 Å². The third kappa shape index (κ3) is 5.84. The maximum atomic E-state index is 12.0. The number of aromatic amines is 1. The van der Waals surface area contributed by atoms with Gasteiger partial charge < -0.3 is 19.9 Å². The number of alkyl halides is 3. The van der Waals surface area contributed by atoms with Crippen molar-refractivity contribution >= 4 is 5.97 Å². The lowest BCUT2D eigenvalue weighted by atomic mass is 10.0. The van der Waals surface area contributed by atoms with Crippen LogP contribution in [-0.2, 0) is 11.2 Å². The van der Waals surface area contributed by atoms with E-state index in [9.17, 15) is 18.0 Å². The van der Waals surface area contributed by atoms with Crippen molar-refractivity contribution in [1.82, 2.24) is 25.0 Å². The second-order valence-electron chi connectivity index (χ2n) is 7.33. The molecule has 172 valence electrons. The van der Waals surface area contributed by atoms with Crippen LogP contribution in [0, 0.1) is 12.8 Å². The largest absolute Gasteiger partial charge is 0.490 e. The molecule has 0 radical (unpaired) electrons. The summed E-state index contributed by atoms with van der Waals surface area (Å²) in [6.45, 7) is 4.06. The molecule has 1 fully saturated rings. The SMILES string of the molecule is Cc1c[nH]c(=O)n1-c1cccc(-c2noc(CCC3CCNC3)n2)c1.O=C(O)C(F)(F)F. The van der Waals surface area contributed by atoms with Gasteiger partial charge in [0.05, 0.1) is 5.69 Å². The van der Waals surface area contributed by atoms with Crippen LogP contribution < -0.4 is 11.0 Å². The predicted octanol–water partition coefficient (Wildman–Crippen LogP) is 2.70. The topological polar surface area (TPSA) is 126 Å². The first-order valence-electron chi connectivity index (χ1n) is 9.86. The fourth-order valence-corrected chi connectivity index (χ4v) is 3.32. The molecule has 3 N–H and O–H groups in total. The maximum absolute atomic E-state index is 12.0. The van der Waals surface area contributed by atoms with Gasteiger partial charge in [-0.15, -0.1) is 0 Å².